The van der Waals surface area contributed by atoms with Crippen molar-refractivity contribution >= 4 is 17.4 Å². The number of phenolic OH excluding ortho intramolecular Hbond substituents is 2. The van der Waals surface area contributed by atoms with Gasteiger partial charge in [0.25, 0.3) is 0 Å². The Hall–Kier alpha value is -1.46. The molecule has 0 bridgehead atoms. The van der Waals surface area contributed by atoms with Crippen molar-refractivity contribution in [2.45, 2.75) is 45.4 Å². The van der Waals surface area contributed by atoms with Gasteiger partial charge in [-0.1, -0.05) is 31.4 Å². The smallest absolute Gasteiger partial charge is 0.170 e. The van der Waals surface area contributed by atoms with Crippen LogP contribution < -0.4 is 10.5 Å². The van der Waals surface area contributed by atoms with Gasteiger partial charge in [0.05, 0.1) is 6.61 Å². The summed E-state index contributed by atoms with van der Waals surface area (Å²) in [5.41, 5.74) is 5.26. The van der Waals surface area contributed by atoms with Crippen molar-refractivity contribution in [1.29, 1.82) is 0 Å². The lowest BCUT2D eigenvalue weighted by Gasteiger charge is -2.13. The molecule has 0 radical (unpaired) electrons. The first-order valence-electron chi connectivity index (χ1n) is 7.63. The lowest BCUT2D eigenvalue weighted by molar-refractivity contribution is 0.0974. The zero-order chi connectivity index (χ0) is 16.5. The molecule has 4 N–H and O–H groups in total. The summed E-state index contributed by atoms with van der Waals surface area (Å²) in [6.07, 6.45) is 4.44. The van der Waals surface area contributed by atoms with Gasteiger partial charge in [0, 0.05) is 12.5 Å². The average molecular weight is 330 g/mol. The molecule has 22 heavy (non-hydrogen) atoms. The minimum atomic E-state index is -0.419. The van der Waals surface area contributed by atoms with Gasteiger partial charge in [-0.2, -0.15) is 0 Å². The van der Waals surface area contributed by atoms with E-state index in [2.05, 4.69) is 0 Å². The number of unbranched alkanes of at least 4 members (excludes halogenated alkanes) is 3. The Kier molecular flexibility index (Phi) is 8.06. The number of carbonyl (C=O) groups excluding carboxylic acids is 1. The van der Waals surface area contributed by atoms with Gasteiger partial charge in [0.15, 0.2) is 11.5 Å². The minimum absolute atomic E-state index is 0.0515. The monoisotopic (exact) mass is 329 g/mol. The first-order valence-corrected chi connectivity index (χ1v) is 8.01. The van der Waals surface area contributed by atoms with Gasteiger partial charge < -0.3 is 20.7 Å². The number of halogens is 1. The van der Waals surface area contributed by atoms with E-state index in [0.717, 1.165) is 25.7 Å². The summed E-state index contributed by atoms with van der Waals surface area (Å²) >= 11 is 6.03. The number of hydrogen-bond donors (Lipinski definition) is 3. The molecule has 0 atom stereocenters. The molecule has 6 heteroatoms. The Balaban J connectivity index is 2.84. The predicted molar refractivity (Wildman–Crippen MR) is 87.0 cm³/mol. The SMILES string of the molecule is CCCCCC(=O)c1c(O)cc(OCCCCN)c(Cl)c1O. The van der Waals surface area contributed by atoms with E-state index in [0.29, 0.717) is 19.6 Å². The van der Waals surface area contributed by atoms with Crippen LogP contribution in [0, 0.1) is 0 Å². The molecule has 0 unspecified atom stereocenters. The number of nitrogens with two attached hydrogens (primary N) is 1. The number of Topliss-reactive ketones (excluding diaryl/α,β-unsaturated/α-hetero) is 1. The second-order valence-corrected chi connectivity index (χ2v) is 5.53. The first-order chi connectivity index (χ1) is 10.5. The zero-order valence-electron chi connectivity index (χ0n) is 12.9. The molecule has 5 nitrogen and oxygen atoms in total. The molecule has 0 heterocycles. The van der Waals surface area contributed by atoms with E-state index < -0.39 is 5.75 Å². The summed E-state index contributed by atoms with van der Waals surface area (Å²) in [4.78, 5) is 12.1. The van der Waals surface area contributed by atoms with Gasteiger partial charge in [-0.25, -0.2) is 0 Å². The number of ketones is 1. The molecule has 124 valence electrons. The van der Waals surface area contributed by atoms with Crippen LogP contribution in [0.1, 0.15) is 55.8 Å². The van der Waals surface area contributed by atoms with E-state index in [9.17, 15) is 15.0 Å². The molecule has 0 aliphatic rings. The topological polar surface area (TPSA) is 92.8 Å². The van der Waals surface area contributed by atoms with Crippen LogP contribution in [0.2, 0.25) is 5.02 Å². The van der Waals surface area contributed by atoms with Crippen molar-refractivity contribution in [3.05, 3.63) is 16.7 Å². The highest BCUT2D eigenvalue weighted by atomic mass is 35.5. The molecule has 0 saturated heterocycles. The zero-order valence-corrected chi connectivity index (χ0v) is 13.7. The predicted octanol–water partition coefficient (Wildman–Crippen LogP) is 3.63. The average Bonchev–Trinajstić information content (AvgIpc) is 2.49. The third-order valence-electron chi connectivity index (χ3n) is 3.33. The molecule has 0 fully saturated rings. The van der Waals surface area contributed by atoms with E-state index in [4.69, 9.17) is 22.1 Å². The van der Waals surface area contributed by atoms with E-state index in [1.807, 2.05) is 6.92 Å². The molecule has 0 amide bonds. The van der Waals surface area contributed by atoms with Gasteiger partial charge in [-0.3, -0.25) is 4.79 Å². The van der Waals surface area contributed by atoms with E-state index >= 15 is 0 Å². The number of rotatable bonds is 10. The molecule has 0 saturated carbocycles. The van der Waals surface area contributed by atoms with Crippen LogP contribution >= 0.6 is 11.6 Å². The summed E-state index contributed by atoms with van der Waals surface area (Å²) in [5.74, 6) is -0.881. The van der Waals surface area contributed by atoms with E-state index in [1.54, 1.807) is 0 Å². The van der Waals surface area contributed by atoms with Crippen LogP contribution in [0.3, 0.4) is 0 Å². The number of phenols is 2. The van der Waals surface area contributed by atoms with Crippen molar-refractivity contribution < 1.29 is 19.7 Å². The van der Waals surface area contributed by atoms with Crippen molar-refractivity contribution in [2.24, 2.45) is 5.73 Å². The van der Waals surface area contributed by atoms with Gasteiger partial charge >= 0.3 is 0 Å². The summed E-state index contributed by atoms with van der Waals surface area (Å²) in [5, 5.41) is 20.0. The van der Waals surface area contributed by atoms with Crippen molar-refractivity contribution in [3.63, 3.8) is 0 Å². The van der Waals surface area contributed by atoms with Crippen LogP contribution in [0.15, 0.2) is 6.07 Å². The van der Waals surface area contributed by atoms with E-state index in [-0.39, 0.29) is 34.3 Å². The molecule has 0 spiro atoms. The fraction of sp³-hybridized carbons (Fsp3) is 0.562. The number of aromatic hydroxyl groups is 2. The standard InChI is InChI=1S/C16H24ClNO4/c1-2-3-4-7-11(19)14-12(20)10-13(15(17)16(14)21)22-9-6-5-8-18/h10,20-21H,2-9,18H2,1H3. The van der Waals surface area contributed by atoms with Gasteiger partial charge in [0.1, 0.15) is 22.1 Å². The third kappa shape index (κ3) is 5.07. The maximum absolute atomic E-state index is 12.1. The van der Waals surface area contributed by atoms with Crippen LogP contribution in [0.4, 0.5) is 0 Å². The fourth-order valence-corrected chi connectivity index (χ4v) is 2.28. The maximum Gasteiger partial charge on any atom is 0.170 e. The molecule has 1 rings (SSSR count). The lowest BCUT2D eigenvalue weighted by atomic mass is 10.0. The Bertz CT molecular complexity index is 505. The van der Waals surface area contributed by atoms with Crippen LogP contribution in [-0.2, 0) is 0 Å². The summed E-state index contributed by atoms with van der Waals surface area (Å²) in [7, 11) is 0. The van der Waals surface area contributed by atoms with Gasteiger partial charge in [-0.05, 0) is 25.8 Å². The van der Waals surface area contributed by atoms with E-state index in [1.165, 1.54) is 6.07 Å². The molecular formula is C16H24ClNO4. The quantitative estimate of drug-likeness (QED) is 0.450. The molecule has 0 aliphatic carbocycles. The van der Waals surface area contributed by atoms with Crippen LogP contribution in [0.5, 0.6) is 17.2 Å². The normalized spacial score (nSPS) is 10.7. The molecule has 0 aromatic heterocycles. The lowest BCUT2D eigenvalue weighted by Crippen LogP contribution is -2.05. The summed E-state index contributed by atoms with van der Waals surface area (Å²) < 4.78 is 5.41. The second-order valence-electron chi connectivity index (χ2n) is 5.16. The van der Waals surface area contributed by atoms with Crippen LogP contribution in [-0.4, -0.2) is 29.1 Å². The number of carbonyl (C=O) groups is 1. The molecule has 0 aliphatic heterocycles. The maximum atomic E-state index is 12.1. The van der Waals surface area contributed by atoms with Crippen molar-refractivity contribution in [3.8, 4) is 17.2 Å². The Morgan fingerprint density at radius 1 is 1.27 bits per heavy atom. The molecular weight excluding hydrogens is 306 g/mol. The highest BCUT2D eigenvalue weighted by Gasteiger charge is 2.22. The summed E-state index contributed by atoms with van der Waals surface area (Å²) in [6.45, 7) is 2.98. The third-order valence-corrected chi connectivity index (χ3v) is 3.69. The Morgan fingerprint density at radius 3 is 2.64 bits per heavy atom. The molecule has 1 aromatic rings. The minimum Gasteiger partial charge on any atom is -0.507 e. The van der Waals surface area contributed by atoms with Crippen LogP contribution in [0.25, 0.3) is 0 Å². The Labute approximate surface area is 136 Å². The molecule has 1 aromatic carbocycles. The number of hydrogen-bond acceptors (Lipinski definition) is 5. The van der Waals surface area contributed by atoms with Crippen molar-refractivity contribution in [1.82, 2.24) is 0 Å². The number of benzene rings is 1. The fourth-order valence-electron chi connectivity index (χ4n) is 2.08. The van der Waals surface area contributed by atoms with Gasteiger partial charge in [0.2, 0.25) is 0 Å². The highest BCUT2D eigenvalue weighted by molar-refractivity contribution is 6.34. The first kappa shape index (κ1) is 18.6. The van der Waals surface area contributed by atoms with Gasteiger partial charge in [-0.15, -0.1) is 0 Å². The largest absolute Gasteiger partial charge is 0.507 e. The summed E-state index contributed by atoms with van der Waals surface area (Å²) in [6, 6.07) is 1.28. The Morgan fingerprint density at radius 2 is 2.00 bits per heavy atom. The number of ether oxygens (including phenoxy) is 1. The van der Waals surface area contributed by atoms with Crippen molar-refractivity contribution in [2.75, 3.05) is 13.2 Å². The highest BCUT2D eigenvalue weighted by Crippen LogP contribution is 2.42. The second kappa shape index (κ2) is 9.54.